The highest BCUT2D eigenvalue weighted by Crippen LogP contribution is 2.20. The Morgan fingerprint density at radius 2 is 2.53 bits per heavy atom. The molecule has 1 aromatic heterocycles. The van der Waals surface area contributed by atoms with Gasteiger partial charge in [0.1, 0.15) is 6.07 Å². The van der Waals surface area contributed by atoms with Crippen LogP contribution < -0.4 is 11.1 Å². The summed E-state index contributed by atoms with van der Waals surface area (Å²) in [6, 6.07) is 3.65. The maximum Gasteiger partial charge on any atom is 0.150 e. The van der Waals surface area contributed by atoms with Crippen molar-refractivity contribution in [2.75, 3.05) is 24.2 Å². The minimum atomic E-state index is 0.350. The fraction of sp³-hybridized carbons (Fsp3) is 0.500. The third-order valence-electron chi connectivity index (χ3n) is 2.89. The first kappa shape index (κ1) is 11.7. The van der Waals surface area contributed by atoms with E-state index < -0.39 is 0 Å². The molecular formula is C12H16N4O. The van der Waals surface area contributed by atoms with E-state index in [4.69, 9.17) is 15.7 Å². The first-order chi connectivity index (χ1) is 8.31. The van der Waals surface area contributed by atoms with Gasteiger partial charge in [0.2, 0.25) is 0 Å². The molecule has 0 aromatic carbocycles. The molecule has 1 aliphatic rings. The molecule has 0 amide bonds. The second kappa shape index (κ2) is 5.51. The summed E-state index contributed by atoms with van der Waals surface area (Å²) in [7, 11) is 0. The number of ether oxygens (including phenoxy) is 1. The maximum atomic E-state index is 8.84. The van der Waals surface area contributed by atoms with Crippen molar-refractivity contribution in [2.45, 2.75) is 25.4 Å². The van der Waals surface area contributed by atoms with Crippen LogP contribution in [0.25, 0.3) is 0 Å². The highest BCUT2D eigenvalue weighted by Gasteiger charge is 2.15. The number of hydrogen-bond acceptors (Lipinski definition) is 5. The standard InChI is InChI=1S/C12H16N4O/c13-8-9-3-5-15-12(11(9)14)16-6-4-10-2-1-7-17-10/h3,5,10H,1-2,4,6-7,14H2,(H,15,16). The smallest absolute Gasteiger partial charge is 0.150 e. The van der Waals surface area contributed by atoms with Gasteiger partial charge in [0.15, 0.2) is 5.82 Å². The zero-order valence-corrected chi connectivity index (χ0v) is 9.65. The summed E-state index contributed by atoms with van der Waals surface area (Å²) in [5.41, 5.74) is 6.69. The molecule has 1 saturated heterocycles. The molecule has 17 heavy (non-hydrogen) atoms. The number of nitrogens with zero attached hydrogens (tertiary/aromatic N) is 2. The summed E-state index contributed by atoms with van der Waals surface area (Å²) in [5, 5.41) is 12.0. The van der Waals surface area contributed by atoms with Gasteiger partial charge < -0.3 is 15.8 Å². The molecule has 1 aliphatic heterocycles. The molecule has 1 fully saturated rings. The van der Waals surface area contributed by atoms with E-state index in [2.05, 4.69) is 10.3 Å². The quantitative estimate of drug-likeness (QED) is 0.822. The van der Waals surface area contributed by atoms with E-state index in [0.717, 1.165) is 32.4 Å². The number of hydrogen-bond donors (Lipinski definition) is 2. The Morgan fingerprint density at radius 1 is 1.65 bits per heavy atom. The van der Waals surface area contributed by atoms with Crippen LogP contribution in [0.1, 0.15) is 24.8 Å². The number of nitrogens with one attached hydrogen (secondary N) is 1. The first-order valence-corrected chi connectivity index (χ1v) is 5.81. The normalized spacial score (nSPS) is 18.9. The second-order valence-corrected chi connectivity index (χ2v) is 4.08. The van der Waals surface area contributed by atoms with Crippen molar-refractivity contribution in [3.63, 3.8) is 0 Å². The van der Waals surface area contributed by atoms with Gasteiger partial charge in [-0.1, -0.05) is 0 Å². The minimum absolute atomic E-state index is 0.350. The van der Waals surface area contributed by atoms with Crippen LogP contribution in [0.5, 0.6) is 0 Å². The van der Waals surface area contributed by atoms with Crippen molar-refractivity contribution in [1.82, 2.24) is 4.98 Å². The van der Waals surface area contributed by atoms with E-state index in [1.807, 2.05) is 6.07 Å². The lowest BCUT2D eigenvalue weighted by atomic mass is 10.2. The van der Waals surface area contributed by atoms with Crippen molar-refractivity contribution in [1.29, 1.82) is 5.26 Å². The Hall–Kier alpha value is -1.80. The monoisotopic (exact) mass is 232 g/mol. The second-order valence-electron chi connectivity index (χ2n) is 4.08. The molecular weight excluding hydrogens is 216 g/mol. The minimum Gasteiger partial charge on any atom is -0.395 e. The number of anilines is 2. The number of rotatable bonds is 4. The molecule has 0 saturated carbocycles. The molecule has 5 nitrogen and oxygen atoms in total. The Morgan fingerprint density at radius 3 is 3.24 bits per heavy atom. The third-order valence-corrected chi connectivity index (χ3v) is 2.89. The lowest BCUT2D eigenvalue weighted by Gasteiger charge is -2.12. The summed E-state index contributed by atoms with van der Waals surface area (Å²) in [5.74, 6) is 0.585. The molecule has 0 spiro atoms. The van der Waals surface area contributed by atoms with Crippen molar-refractivity contribution in [2.24, 2.45) is 0 Å². The van der Waals surface area contributed by atoms with Gasteiger partial charge >= 0.3 is 0 Å². The highest BCUT2D eigenvalue weighted by atomic mass is 16.5. The van der Waals surface area contributed by atoms with Gasteiger partial charge in [-0.15, -0.1) is 0 Å². The van der Waals surface area contributed by atoms with E-state index in [1.165, 1.54) is 0 Å². The van der Waals surface area contributed by atoms with Gasteiger partial charge in [-0.05, 0) is 25.3 Å². The fourth-order valence-corrected chi connectivity index (χ4v) is 1.94. The molecule has 90 valence electrons. The molecule has 1 aromatic rings. The van der Waals surface area contributed by atoms with E-state index in [1.54, 1.807) is 12.3 Å². The summed E-state index contributed by atoms with van der Waals surface area (Å²) < 4.78 is 5.52. The molecule has 3 N–H and O–H groups in total. The SMILES string of the molecule is N#Cc1ccnc(NCCC2CCCO2)c1N. The third kappa shape index (κ3) is 2.86. The number of nitrogen functional groups attached to an aromatic ring is 1. The number of pyridine rings is 1. The molecule has 1 atom stereocenters. The van der Waals surface area contributed by atoms with Gasteiger partial charge in [0, 0.05) is 19.3 Å². The van der Waals surface area contributed by atoms with Crippen LogP contribution in [0, 0.1) is 11.3 Å². The molecule has 0 radical (unpaired) electrons. The lowest BCUT2D eigenvalue weighted by molar-refractivity contribution is 0.107. The highest BCUT2D eigenvalue weighted by molar-refractivity contribution is 5.68. The Balaban J connectivity index is 1.88. The Bertz CT molecular complexity index is 421. The molecule has 2 heterocycles. The van der Waals surface area contributed by atoms with Gasteiger partial charge in [-0.25, -0.2) is 4.98 Å². The van der Waals surface area contributed by atoms with Gasteiger partial charge in [0.25, 0.3) is 0 Å². The molecule has 1 unspecified atom stereocenters. The molecule has 2 rings (SSSR count). The van der Waals surface area contributed by atoms with Crippen LogP contribution in [-0.4, -0.2) is 24.2 Å². The Labute approximate surface area is 101 Å². The lowest BCUT2D eigenvalue weighted by Crippen LogP contribution is -2.14. The summed E-state index contributed by atoms with van der Waals surface area (Å²) in [6.45, 7) is 1.63. The zero-order valence-electron chi connectivity index (χ0n) is 9.65. The van der Waals surface area contributed by atoms with Crippen LogP contribution >= 0.6 is 0 Å². The van der Waals surface area contributed by atoms with Crippen LogP contribution in [0.3, 0.4) is 0 Å². The largest absolute Gasteiger partial charge is 0.395 e. The average Bonchev–Trinajstić information content (AvgIpc) is 2.84. The fourth-order valence-electron chi connectivity index (χ4n) is 1.94. The van der Waals surface area contributed by atoms with Crippen molar-refractivity contribution >= 4 is 11.5 Å². The van der Waals surface area contributed by atoms with Crippen molar-refractivity contribution in [3.05, 3.63) is 17.8 Å². The van der Waals surface area contributed by atoms with Gasteiger partial charge in [0.05, 0.1) is 17.4 Å². The van der Waals surface area contributed by atoms with Gasteiger partial charge in [-0.2, -0.15) is 5.26 Å². The number of nitriles is 1. The summed E-state index contributed by atoms with van der Waals surface area (Å²) in [4.78, 5) is 4.12. The molecule has 0 aliphatic carbocycles. The average molecular weight is 232 g/mol. The van der Waals surface area contributed by atoms with Crippen LogP contribution in [0.2, 0.25) is 0 Å². The van der Waals surface area contributed by atoms with Crippen molar-refractivity contribution < 1.29 is 4.74 Å². The number of nitrogens with two attached hydrogens (primary N) is 1. The zero-order chi connectivity index (χ0) is 12.1. The van der Waals surface area contributed by atoms with Crippen molar-refractivity contribution in [3.8, 4) is 6.07 Å². The predicted octanol–water partition coefficient (Wildman–Crippen LogP) is 1.52. The topological polar surface area (TPSA) is 84.0 Å². The Kier molecular flexibility index (Phi) is 3.78. The van der Waals surface area contributed by atoms with E-state index in [9.17, 15) is 0 Å². The molecule has 5 heteroatoms. The summed E-state index contributed by atoms with van der Waals surface area (Å²) >= 11 is 0. The van der Waals surface area contributed by atoms with Crippen LogP contribution in [-0.2, 0) is 4.74 Å². The summed E-state index contributed by atoms with van der Waals surface area (Å²) in [6.07, 6.45) is 5.15. The van der Waals surface area contributed by atoms with Crippen LogP contribution in [0.4, 0.5) is 11.5 Å². The first-order valence-electron chi connectivity index (χ1n) is 5.81. The van der Waals surface area contributed by atoms with E-state index in [0.29, 0.717) is 23.2 Å². The van der Waals surface area contributed by atoms with Gasteiger partial charge in [-0.3, -0.25) is 0 Å². The van der Waals surface area contributed by atoms with E-state index >= 15 is 0 Å². The number of aromatic nitrogens is 1. The predicted molar refractivity (Wildman–Crippen MR) is 65.4 cm³/mol. The molecule has 0 bridgehead atoms. The van der Waals surface area contributed by atoms with Crippen LogP contribution in [0.15, 0.2) is 12.3 Å². The maximum absolute atomic E-state index is 8.84. The van der Waals surface area contributed by atoms with E-state index in [-0.39, 0.29) is 0 Å².